The first-order chi connectivity index (χ1) is 14.9. The number of piperidine rings is 1. The van der Waals surface area contributed by atoms with Crippen molar-refractivity contribution in [3.05, 3.63) is 36.0 Å². The van der Waals surface area contributed by atoms with E-state index in [1.807, 2.05) is 4.90 Å². The monoisotopic (exact) mass is 432 g/mol. The lowest BCUT2D eigenvalue weighted by molar-refractivity contribution is -0.137. The van der Waals surface area contributed by atoms with Gasteiger partial charge in [0.15, 0.2) is 5.65 Å². The Morgan fingerprint density at radius 3 is 2.74 bits per heavy atom. The van der Waals surface area contributed by atoms with Gasteiger partial charge in [0.05, 0.1) is 5.56 Å². The number of anilines is 1. The zero-order valence-corrected chi connectivity index (χ0v) is 16.8. The Bertz CT molecular complexity index is 1090. The molecule has 3 aromatic heterocycles. The molecule has 1 atom stereocenters. The number of pyridine rings is 2. The minimum Gasteiger partial charge on any atom is -0.381 e. The highest BCUT2D eigenvalue weighted by Gasteiger charge is 2.43. The van der Waals surface area contributed by atoms with Crippen LogP contribution in [0.25, 0.3) is 22.4 Å². The van der Waals surface area contributed by atoms with Gasteiger partial charge in [-0.1, -0.05) is 0 Å². The quantitative estimate of drug-likeness (QED) is 0.645. The summed E-state index contributed by atoms with van der Waals surface area (Å²) >= 11 is 0. The minimum absolute atomic E-state index is 0.0444. The van der Waals surface area contributed by atoms with Crippen LogP contribution in [0.2, 0.25) is 0 Å². The highest BCUT2D eigenvalue weighted by atomic mass is 19.4. The number of aromatic nitrogens is 4. The van der Waals surface area contributed by atoms with Crippen molar-refractivity contribution in [2.75, 3.05) is 31.2 Å². The molecule has 3 N–H and O–H groups in total. The van der Waals surface area contributed by atoms with Crippen molar-refractivity contribution in [1.29, 1.82) is 0 Å². The Morgan fingerprint density at radius 1 is 1.16 bits per heavy atom. The van der Waals surface area contributed by atoms with Gasteiger partial charge in [0.25, 0.3) is 0 Å². The molecule has 0 bridgehead atoms. The Labute approximate surface area is 176 Å². The third-order valence-electron chi connectivity index (χ3n) is 6.56. The van der Waals surface area contributed by atoms with Crippen LogP contribution in [0, 0.1) is 5.41 Å². The fraction of sp³-hybridized carbons (Fsp3) is 0.476. The summed E-state index contributed by atoms with van der Waals surface area (Å²) < 4.78 is 47.0. The second-order valence-corrected chi connectivity index (χ2v) is 8.33. The SMILES string of the molecule is NC1CCN(c2ccc(C(F)(F)F)c(-c3n[nH]c4ncccc34)n2)CC12CCOCC2. The normalized spacial score (nSPS) is 21.7. The molecule has 2 fully saturated rings. The number of halogens is 3. The van der Waals surface area contributed by atoms with E-state index in [0.29, 0.717) is 43.2 Å². The standard InChI is InChI=1S/C21H23F3N6O/c22-21(23,24)14-3-4-16(27-18(14)17-13-2-1-8-26-19(13)29-28-17)30-9-5-15(25)20(12-30)6-10-31-11-7-20/h1-4,8,15H,5-7,9-12,25H2,(H,26,28,29). The van der Waals surface area contributed by atoms with Gasteiger partial charge >= 0.3 is 6.18 Å². The van der Waals surface area contributed by atoms with Crippen LogP contribution in [-0.2, 0) is 10.9 Å². The molecule has 0 saturated carbocycles. The molecule has 2 saturated heterocycles. The molecule has 0 aliphatic carbocycles. The number of aromatic amines is 1. The van der Waals surface area contributed by atoms with Gasteiger partial charge in [-0.2, -0.15) is 18.3 Å². The van der Waals surface area contributed by atoms with E-state index in [0.717, 1.165) is 25.3 Å². The molecule has 1 unspecified atom stereocenters. The number of nitrogens with one attached hydrogen (secondary N) is 1. The van der Waals surface area contributed by atoms with E-state index in [-0.39, 0.29) is 22.8 Å². The highest BCUT2D eigenvalue weighted by Crippen LogP contribution is 2.42. The Balaban J connectivity index is 1.57. The van der Waals surface area contributed by atoms with E-state index in [4.69, 9.17) is 10.5 Å². The molecule has 2 aliphatic heterocycles. The van der Waals surface area contributed by atoms with E-state index >= 15 is 0 Å². The number of fused-ring (bicyclic) bond motifs is 1. The van der Waals surface area contributed by atoms with Crippen LogP contribution in [0.3, 0.4) is 0 Å². The predicted molar refractivity (Wildman–Crippen MR) is 109 cm³/mol. The smallest absolute Gasteiger partial charge is 0.381 e. The van der Waals surface area contributed by atoms with Gasteiger partial charge < -0.3 is 15.4 Å². The van der Waals surface area contributed by atoms with Gasteiger partial charge in [0, 0.05) is 49.3 Å². The molecule has 5 rings (SSSR count). The molecule has 3 aromatic rings. The topological polar surface area (TPSA) is 93.0 Å². The van der Waals surface area contributed by atoms with E-state index in [2.05, 4.69) is 20.2 Å². The number of H-pyrrole nitrogens is 1. The second kappa shape index (κ2) is 7.45. The van der Waals surface area contributed by atoms with Crippen molar-refractivity contribution in [2.24, 2.45) is 11.1 Å². The van der Waals surface area contributed by atoms with Crippen LogP contribution >= 0.6 is 0 Å². The Morgan fingerprint density at radius 2 is 1.97 bits per heavy atom. The highest BCUT2D eigenvalue weighted by molar-refractivity contribution is 5.90. The lowest BCUT2D eigenvalue weighted by Crippen LogP contribution is -2.57. The van der Waals surface area contributed by atoms with Crippen molar-refractivity contribution in [2.45, 2.75) is 31.5 Å². The van der Waals surface area contributed by atoms with Crippen molar-refractivity contribution >= 4 is 16.9 Å². The molecule has 0 aromatic carbocycles. The molecule has 5 heterocycles. The first-order valence-electron chi connectivity index (χ1n) is 10.3. The first kappa shape index (κ1) is 20.2. The van der Waals surface area contributed by atoms with Crippen LogP contribution in [0.5, 0.6) is 0 Å². The van der Waals surface area contributed by atoms with Crippen LogP contribution in [0.4, 0.5) is 19.0 Å². The average molecular weight is 432 g/mol. The molecule has 10 heteroatoms. The Hall–Kier alpha value is -2.72. The number of hydrogen-bond donors (Lipinski definition) is 2. The van der Waals surface area contributed by atoms with E-state index < -0.39 is 11.7 Å². The number of ether oxygens (including phenoxy) is 1. The number of hydrogen-bond acceptors (Lipinski definition) is 6. The van der Waals surface area contributed by atoms with Gasteiger partial charge in [0.1, 0.15) is 17.2 Å². The fourth-order valence-corrected chi connectivity index (χ4v) is 4.75. The predicted octanol–water partition coefficient (Wildman–Crippen LogP) is 3.37. The molecular weight excluding hydrogens is 409 g/mol. The van der Waals surface area contributed by atoms with Gasteiger partial charge in [-0.3, -0.25) is 5.10 Å². The summed E-state index contributed by atoms with van der Waals surface area (Å²) in [7, 11) is 0. The lowest BCUT2D eigenvalue weighted by Gasteiger charge is -2.49. The molecule has 2 aliphatic rings. The zero-order valence-electron chi connectivity index (χ0n) is 16.8. The number of alkyl halides is 3. The number of nitrogens with two attached hydrogens (primary N) is 1. The zero-order chi connectivity index (χ0) is 21.6. The first-order valence-corrected chi connectivity index (χ1v) is 10.3. The van der Waals surface area contributed by atoms with Crippen molar-refractivity contribution in [1.82, 2.24) is 20.2 Å². The summed E-state index contributed by atoms with van der Waals surface area (Å²) in [6.07, 6.45) is -0.557. The van der Waals surface area contributed by atoms with Crippen molar-refractivity contribution in [3.63, 3.8) is 0 Å². The van der Waals surface area contributed by atoms with Gasteiger partial charge in [0.2, 0.25) is 0 Å². The third kappa shape index (κ3) is 3.53. The summed E-state index contributed by atoms with van der Waals surface area (Å²) in [4.78, 5) is 10.7. The van der Waals surface area contributed by atoms with Crippen LogP contribution in [0.15, 0.2) is 30.5 Å². The molecule has 164 valence electrons. The van der Waals surface area contributed by atoms with E-state index in [1.54, 1.807) is 18.3 Å². The van der Waals surface area contributed by atoms with Crippen LogP contribution < -0.4 is 10.6 Å². The second-order valence-electron chi connectivity index (χ2n) is 8.33. The summed E-state index contributed by atoms with van der Waals surface area (Å²) in [6.45, 7) is 2.60. The molecule has 0 radical (unpaired) electrons. The average Bonchev–Trinajstić information content (AvgIpc) is 3.19. The summed E-state index contributed by atoms with van der Waals surface area (Å²) in [5.41, 5.74) is 5.91. The molecule has 7 nitrogen and oxygen atoms in total. The van der Waals surface area contributed by atoms with Gasteiger partial charge in [-0.05, 0) is 43.5 Å². The molecule has 31 heavy (non-hydrogen) atoms. The number of nitrogens with zero attached hydrogens (tertiary/aromatic N) is 4. The lowest BCUT2D eigenvalue weighted by atomic mass is 9.70. The fourth-order valence-electron chi connectivity index (χ4n) is 4.75. The summed E-state index contributed by atoms with van der Waals surface area (Å²) in [5.74, 6) is 0.501. The Kier molecular flexibility index (Phi) is 4.86. The van der Waals surface area contributed by atoms with Crippen molar-refractivity contribution in [3.8, 4) is 11.4 Å². The van der Waals surface area contributed by atoms with Crippen LogP contribution in [0.1, 0.15) is 24.8 Å². The molecule has 1 spiro atoms. The minimum atomic E-state index is -4.56. The summed E-state index contributed by atoms with van der Waals surface area (Å²) in [5, 5.41) is 7.32. The number of rotatable bonds is 2. The summed E-state index contributed by atoms with van der Waals surface area (Å²) in [6, 6.07) is 5.94. The van der Waals surface area contributed by atoms with Gasteiger partial charge in [-0.25, -0.2) is 9.97 Å². The molecular formula is C21H23F3N6O. The van der Waals surface area contributed by atoms with Crippen LogP contribution in [-0.4, -0.2) is 52.5 Å². The van der Waals surface area contributed by atoms with E-state index in [9.17, 15) is 13.2 Å². The maximum absolute atomic E-state index is 13.8. The molecule has 0 amide bonds. The van der Waals surface area contributed by atoms with Gasteiger partial charge in [-0.15, -0.1) is 0 Å². The maximum atomic E-state index is 13.8. The third-order valence-corrected chi connectivity index (χ3v) is 6.56. The van der Waals surface area contributed by atoms with E-state index in [1.165, 1.54) is 6.07 Å². The maximum Gasteiger partial charge on any atom is 0.418 e. The van der Waals surface area contributed by atoms with Crippen molar-refractivity contribution < 1.29 is 17.9 Å². The largest absolute Gasteiger partial charge is 0.418 e.